The van der Waals surface area contributed by atoms with E-state index in [9.17, 15) is 0 Å². The van der Waals surface area contributed by atoms with Crippen molar-refractivity contribution in [1.82, 2.24) is 5.32 Å². The van der Waals surface area contributed by atoms with E-state index in [4.69, 9.17) is 4.74 Å². The van der Waals surface area contributed by atoms with Crippen LogP contribution in [-0.4, -0.2) is 26.3 Å². The van der Waals surface area contributed by atoms with Gasteiger partial charge in [0.15, 0.2) is 0 Å². The van der Waals surface area contributed by atoms with Crippen molar-refractivity contribution in [3.05, 3.63) is 22.4 Å². The fourth-order valence-corrected chi connectivity index (χ4v) is 3.16. The first-order valence-corrected chi connectivity index (χ1v) is 7.39. The number of thiophene rings is 1. The Balaban J connectivity index is 1.74. The Hall–Kier alpha value is -0.380. The number of hydrogen-bond donors (Lipinski definition) is 1. The molecule has 0 saturated carbocycles. The first kappa shape index (κ1) is 13.1. The maximum atomic E-state index is 5.50. The highest BCUT2D eigenvalue weighted by Gasteiger charge is 2.22. The minimum absolute atomic E-state index is 0.240. The fraction of sp³-hybridized carbons (Fsp3) is 0.714. The van der Waals surface area contributed by atoms with Crippen LogP contribution in [0.25, 0.3) is 0 Å². The van der Waals surface area contributed by atoms with Crippen molar-refractivity contribution < 1.29 is 4.74 Å². The van der Waals surface area contributed by atoms with Crippen LogP contribution in [0.15, 0.2) is 17.5 Å². The summed E-state index contributed by atoms with van der Waals surface area (Å²) in [6.45, 7) is 8.65. The van der Waals surface area contributed by atoms with Gasteiger partial charge in [-0.25, -0.2) is 0 Å². The third-order valence-corrected chi connectivity index (χ3v) is 4.68. The highest BCUT2D eigenvalue weighted by Crippen LogP contribution is 2.26. The van der Waals surface area contributed by atoms with Gasteiger partial charge in [0.1, 0.15) is 0 Å². The van der Waals surface area contributed by atoms with Gasteiger partial charge >= 0.3 is 0 Å². The Bertz CT molecular complexity index is 315. The molecule has 1 N–H and O–H groups in total. The average molecular weight is 253 g/mol. The van der Waals surface area contributed by atoms with Crippen LogP contribution in [0, 0.1) is 5.92 Å². The van der Waals surface area contributed by atoms with Crippen molar-refractivity contribution in [2.75, 3.05) is 26.3 Å². The summed E-state index contributed by atoms with van der Waals surface area (Å²) < 4.78 is 5.50. The summed E-state index contributed by atoms with van der Waals surface area (Å²) in [5.41, 5.74) is 0.240. The molecule has 1 fully saturated rings. The maximum absolute atomic E-state index is 5.50. The predicted molar refractivity (Wildman–Crippen MR) is 73.8 cm³/mol. The van der Waals surface area contributed by atoms with Crippen LogP contribution >= 0.6 is 11.3 Å². The van der Waals surface area contributed by atoms with Gasteiger partial charge in [0.05, 0.1) is 6.61 Å². The third kappa shape index (κ3) is 3.80. The van der Waals surface area contributed by atoms with Gasteiger partial charge in [-0.15, -0.1) is 11.3 Å². The van der Waals surface area contributed by atoms with Crippen molar-refractivity contribution in [1.29, 1.82) is 0 Å². The Morgan fingerprint density at radius 1 is 1.53 bits per heavy atom. The topological polar surface area (TPSA) is 21.3 Å². The van der Waals surface area contributed by atoms with E-state index in [0.717, 1.165) is 26.3 Å². The molecule has 0 radical (unpaired) electrons. The van der Waals surface area contributed by atoms with Crippen molar-refractivity contribution in [2.45, 2.75) is 32.1 Å². The van der Waals surface area contributed by atoms with Gasteiger partial charge < -0.3 is 10.1 Å². The first-order valence-electron chi connectivity index (χ1n) is 6.51. The van der Waals surface area contributed by atoms with Crippen LogP contribution in [0.1, 0.15) is 31.6 Å². The van der Waals surface area contributed by atoms with Gasteiger partial charge in [0.2, 0.25) is 0 Å². The van der Waals surface area contributed by atoms with Crippen LogP contribution in [0.3, 0.4) is 0 Å². The molecule has 0 aliphatic carbocycles. The predicted octanol–water partition coefficient (Wildman–Crippen LogP) is 3.04. The summed E-state index contributed by atoms with van der Waals surface area (Å²) in [4.78, 5) is 1.46. The summed E-state index contributed by atoms with van der Waals surface area (Å²) in [6.07, 6.45) is 2.53. The summed E-state index contributed by atoms with van der Waals surface area (Å²) in [5, 5.41) is 5.77. The molecule has 1 aliphatic heterocycles. The summed E-state index contributed by atoms with van der Waals surface area (Å²) in [7, 11) is 0. The highest BCUT2D eigenvalue weighted by molar-refractivity contribution is 7.10. The highest BCUT2D eigenvalue weighted by atomic mass is 32.1. The van der Waals surface area contributed by atoms with E-state index in [1.807, 2.05) is 11.3 Å². The van der Waals surface area contributed by atoms with E-state index in [1.54, 1.807) is 0 Å². The first-order chi connectivity index (χ1) is 8.18. The Labute approximate surface area is 108 Å². The molecular formula is C14H23NOS. The zero-order valence-corrected chi connectivity index (χ0v) is 11.7. The molecule has 1 aromatic heterocycles. The molecule has 1 aromatic rings. The average Bonchev–Trinajstić information content (AvgIpc) is 2.84. The molecule has 1 saturated heterocycles. The van der Waals surface area contributed by atoms with Gasteiger partial charge in [-0.2, -0.15) is 0 Å². The molecule has 1 unspecified atom stereocenters. The van der Waals surface area contributed by atoms with E-state index in [-0.39, 0.29) is 5.41 Å². The van der Waals surface area contributed by atoms with Gasteiger partial charge in [-0.1, -0.05) is 19.9 Å². The molecule has 0 aromatic carbocycles. The SMILES string of the molecule is CC(C)(CNCC1CCCOC1)c1cccs1. The lowest BCUT2D eigenvalue weighted by molar-refractivity contribution is 0.0545. The van der Waals surface area contributed by atoms with Gasteiger partial charge in [0, 0.05) is 30.0 Å². The van der Waals surface area contributed by atoms with E-state index in [2.05, 4.69) is 36.7 Å². The van der Waals surface area contributed by atoms with Crippen LogP contribution in [-0.2, 0) is 10.2 Å². The van der Waals surface area contributed by atoms with Crippen LogP contribution in [0.5, 0.6) is 0 Å². The van der Waals surface area contributed by atoms with E-state index >= 15 is 0 Å². The number of ether oxygens (including phenoxy) is 1. The normalized spacial score (nSPS) is 21.6. The molecule has 2 nitrogen and oxygen atoms in total. The lowest BCUT2D eigenvalue weighted by Gasteiger charge is -2.27. The Morgan fingerprint density at radius 3 is 3.06 bits per heavy atom. The van der Waals surface area contributed by atoms with Gasteiger partial charge in [-0.05, 0) is 30.2 Å². The van der Waals surface area contributed by atoms with Crippen LogP contribution < -0.4 is 5.32 Å². The van der Waals surface area contributed by atoms with E-state index < -0.39 is 0 Å². The maximum Gasteiger partial charge on any atom is 0.0506 e. The van der Waals surface area contributed by atoms with Crippen LogP contribution in [0.2, 0.25) is 0 Å². The van der Waals surface area contributed by atoms with E-state index in [0.29, 0.717) is 5.92 Å². The van der Waals surface area contributed by atoms with Gasteiger partial charge in [0.25, 0.3) is 0 Å². The zero-order valence-electron chi connectivity index (χ0n) is 10.9. The quantitative estimate of drug-likeness (QED) is 0.871. The van der Waals surface area contributed by atoms with Crippen molar-refractivity contribution in [2.24, 2.45) is 5.92 Å². The summed E-state index contributed by atoms with van der Waals surface area (Å²) >= 11 is 1.85. The molecule has 17 heavy (non-hydrogen) atoms. The minimum Gasteiger partial charge on any atom is -0.381 e. The summed E-state index contributed by atoms with van der Waals surface area (Å²) in [5.74, 6) is 0.711. The number of nitrogens with one attached hydrogen (secondary N) is 1. The molecule has 2 rings (SSSR count). The fourth-order valence-electron chi connectivity index (χ4n) is 2.31. The molecule has 0 amide bonds. The van der Waals surface area contributed by atoms with Crippen molar-refractivity contribution >= 4 is 11.3 Å². The molecular weight excluding hydrogens is 230 g/mol. The zero-order chi connectivity index (χ0) is 12.1. The lowest BCUT2D eigenvalue weighted by Crippen LogP contribution is -2.37. The molecule has 1 atom stereocenters. The van der Waals surface area contributed by atoms with Crippen molar-refractivity contribution in [3.63, 3.8) is 0 Å². The second-order valence-electron chi connectivity index (χ2n) is 5.58. The second kappa shape index (κ2) is 5.98. The minimum atomic E-state index is 0.240. The summed E-state index contributed by atoms with van der Waals surface area (Å²) in [6, 6.07) is 4.37. The second-order valence-corrected chi connectivity index (χ2v) is 6.52. The molecule has 1 aliphatic rings. The molecule has 96 valence electrons. The standard InChI is InChI=1S/C14H23NOS/c1-14(2,13-6-4-8-17-13)11-15-9-12-5-3-7-16-10-12/h4,6,8,12,15H,3,5,7,9-11H2,1-2H3. The molecule has 2 heterocycles. The van der Waals surface area contributed by atoms with E-state index in [1.165, 1.54) is 17.7 Å². The third-order valence-electron chi connectivity index (χ3n) is 3.44. The molecule has 0 spiro atoms. The molecule has 0 bridgehead atoms. The smallest absolute Gasteiger partial charge is 0.0506 e. The van der Waals surface area contributed by atoms with Crippen LogP contribution in [0.4, 0.5) is 0 Å². The Morgan fingerprint density at radius 2 is 2.41 bits per heavy atom. The molecule has 3 heteroatoms. The van der Waals surface area contributed by atoms with Gasteiger partial charge in [-0.3, -0.25) is 0 Å². The number of rotatable bonds is 5. The monoisotopic (exact) mass is 253 g/mol. The number of hydrogen-bond acceptors (Lipinski definition) is 3. The largest absolute Gasteiger partial charge is 0.381 e. The Kier molecular flexibility index (Phi) is 4.60. The lowest BCUT2D eigenvalue weighted by atomic mass is 9.91. The van der Waals surface area contributed by atoms with Crippen molar-refractivity contribution in [3.8, 4) is 0 Å².